The topological polar surface area (TPSA) is 54.5 Å². The third kappa shape index (κ3) is 3.46. The molecule has 0 bridgehead atoms. The van der Waals surface area contributed by atoms with Gasteiger partial charge < -0.3 is 0 Å². The Morgan fingerprint density at radius 2 is 2.25 bits per heavy atom. The monoisotopic (exact) mass is 167 g/mol. The molecule has 0 fully saturated rings. The molecule has 0 aromatic carbocycles. The largest absolute Gasteiger partial charge is 0.243 e. The van der Waals surface area contributed by atoms with Gasteiger partial charge in [-0.05, 0) is 16.8 Å². The Morgan fingerprint density at radius 1 is 1.33 bits per heavy atom. The molecule has 67 valence electrons. The Balaban J connectivity index is 1.96. The van der Waals surface area contributed by atoms with E-state index < -0.39 is 0 Å². The third-order valence-corrected chi connectivity index (χ3v) is 1.76. The first-order valence-electron chi connectivity index (χ1n) is 4.50. The Hall–Kier alpha value is -0.930. The molecule has 1 rings (SSSR count). The summed E-state index contributed by atoms with van der Waals surface area (Å²) >= 11 is 0. The fourth-order valence-electron chi connectivity index (χ4n) is 1.06. The Labute approximate surface area is 72.8 Å². The molecule has 4 heteroatoms. The van der Waals surface area contributed by atoms with Gasteiger partial charge in [-0.25, -0.2) is 5.10 Å². The molecule has 0 saturated heterocycles. The molecule has 0 atom stereocenters. The van der Waals surface area contributed by atoms with Gasteiger partial charge in [-0.3, -0.25) is 0 Å². The van der Waals surface area contributed by atoms with E-state index >= 15 is 0 Å². The summed E-state index contributed by atoms with van der Waals surface area (Å²) in [6.07, 6.45) is 8.24. The highest BCUT2D eigenvalue weighted by Gasteiger charge is 1.96. The van der Waals surface area contributed by atoms with Crippen LogP contribution < -0.4 is 0 Å². The van der Waals surface area contributed by atoms with Crippen molar-refractivity contribution in [2.75, 3.05) is 0 Å². The lowest BCUT2D eigenvalue weighted by Crippen LogP contribution is -1.86. The van der Waals surface area contributed by atoms with E-state index in [0.717, 1.165) is 12.2 Å². The molecule has 1 aromatic heterocycles. The van der Waals surface area contributed by atoms with Gasteiger partial charge in [0.2, 0.25) is 0 Å². The quantitative estimate of drug-likeness (QED) is 0.656. The van der Waals surface area contributed by atoms with Crippen molar-refractivity contribution in [1.29, 1.82) is 0 Å². The number of hydrogen-bond acceptors (Lipinski definition) is 3. The molecule has 0 unspecified atom stereocenters. The molecule has 0 amide bonds. The number of aromatic nitrogens is 4. The highest BCUT2D eigenvalue weighted by molar-refractivity contribution is 4.93. The lowest BCUT2D eigenvalue weighted by atomic mass is 10.1. The molecule has 0 aliphatic rings. The van der Waals surface area contributed by atoms with Crippen LogP contribution >= 0.6 is 0 Å². The molecular weight excluding hydrogens is 152 g/mol. The van der Waals surface area contributed by atoms with Gasteiger partial charge in [0.05, 0.1) is 0 Å². The molecular formula is C8H15N4. The van der Waals surface area contributed by atoms with Crippen molar-refractivity contribution in [3.63, 3.8) is 0 Å². The number of tetrazole rings is 1. The first-order valence-corrected chi connectivity index (χ1v) is 4.50. The standard InChI is InChI=1S/C8H15N4/c1-2-3-4-5-6-7-8-9-11-12-10-8/h7H,2-6H2,1H3,(H,9,10,11,12). The molecule has 0 aliphatic carbocycles. The smallest absolute Gasteiger partial charge is 0.152 e. The SMILES string of the molecule is CCCCCC[CH]c1nnn[nH]1. The molecule has 1 heterocycles. The average molecular weight is 167 g/mol. The summed E-state index contributed by atoms with van der Waals surface area (Å²) in [5.74, 6) is 0.784. The highest BCUT2D eigenvalue weighted by Crippen LogP contribution is 2.06. The lowest BCUT2D eigenvalue weighted by molar-refractivity contribution is 0.662. The maximum Gasteiger partial charge on any atom is 0.152 e. The number of unbranched alkanes of at least 4 members (excludes halogenated alkanes) is 4. The minimum absolute atomic E-state index is 0.784. The summed E-state index contributed by atoms with van der Waals surface area (Å²) in [7, 11) is 0. The predicted octanol–water partition coefficient (Wildman–Crippen LogP) is 1.72. The minimum atomic E-state index is 0.784. The van der Waals surface area contributed by atoms with E-state index in [0.29, 0.717) is 0 Å². The number of hydrogen-bond donors (Lipinski definition) is 1. The normalized spacial score (nSPS) is 10.4. The zero-order chi connectivity index (χ0) is 8.65. The van der Waals surface area contributed by atoms with Crippen LogP contribution in [0.1, 0.15) is 44.9 Å². The van der Waals surface area contributed by atoms with Gasteiger partial charge in [0.25, 0.3) is 0 Å². The van der Waals surface area contributed by atoms with Gasteiger partial charge in [0.15, 0.2) is 5.82 Å². The first-order chi connectivity index (χ1) is 5.93. The second-order valence-corrected chi connectivity index (χ2v) is 2.84. The van der Waals surface area contributed by atoms with E-state index in [-0.39, 0.29) is 0 Å². The van der Waals surface area contributed by atoms with E-state index in [1.807, 2.05) is 6.42 Å². The van der Waals surface area contributed by atoms with Gasteiger partial charge in [0.1, 0.15) is 0 Å². The molecule has 0 spiro atoms. The molecule has 1 N–H and O–H groups in total. The van der Waals surface area contributed by atoms with E-state index in [4.69, 9.17) is 0 Å². The number of aromatic amines is 1. The third-order valence-electron chi connectivity index (χ3n) is 1.76. The Morgan fingerprint density at radius 3 is 2.92 bits per heavy atom. The van der Waals surface area contributed by atoms with Crippen LogP contribution in [0.4, 0.5) is 0 Å². The minimum Gasteiger partial charge on any atom is -0.243 e. The van der Waals surface area contributed by atoms with Crippen LogP contribution in [0.3, 0.4) is 0 Å². The van der Waals surface area contributed by atoms with Crippen molar-refractivity contribution in [2.45, 2.75) is 39.0 Å². The number of H-pyrrole nitrogens is 1. The van der Waals surface area contributed by atoms with Crippen molar-refractivity contribution in [1.82, 2.24) is 20.6 Å². The van der Waals surface area contributed by atoms with Gasteiger partial charge in [-0.15, -0.1) is 5.10 Å². The van der Waals surface area contributed by atoms with Crippen molar-refractivity contribution in [3.05, 3.63) is 12.2 Å². The van der Waals surface area contributed by atoms with Crippen LogP contribution in [-0.2, 0) is 0 Å². The number of nitrogens with one attached hydrogen (secondary N) is 1. The Kier molecular flexibility index (Phi) is 4.34. The zero-order valence-electron chi connectivity index (χ0n) is 7.45. The van der Waals surface area contributed by atoms with Crippen LogP contribution in [0.5, 0.6) is 0 Å². The molecule has 0 saturated carbocycles. The molecule has 12 heavy (non-hydrogen) atoms. The fourth-order valence-corrected chi connectivity index (χ4v) is 1.06. The van der Waals surface area contributed by atoms with Gasteiger partial charge in [-0.2, -0.15) is 0 Å². The summed E-state index contributed by atoms with van der Waals surface area (Å²) in [6, 6.07) is 0. The highest BCUT2D eigenvalue weighted by atomic mass is 15.5. The number of rotatable bonds is 6. The van der Waals surface area contributed by atoms with Crippen LogP contribution in [-0.4, -0.2) is 20.6 Å². The van der Waals surface area contributed by atoms with E-state index in [1.165, 1.54) is 25.7 Å². The van der Waals surface area contributed by atoms with E-state index in [2.05, 4.69) is 27.5 Å². The van der Waals surface area contributed by atoms with Crippen LogP contribution in [0.15, 0.2) is 0 Å². The van der Waals surface area contributed by atoms with Crippen LogP contribution in [0.2, 0.25) is 0 Å². The molecule has 1 aromatic rings. The van der Waals surface area contributed by atoms with E-state index in [9.17, 15) is 0 Å². The summed E-state index contributed by atoms with van der Waals surface area (Å²) in [4.78, 5) is 0. The maximum absolute atomic E-state index is 3.76. The Bertz CT molecular complexity index is 183. The second kappa shape index (κ2) is 5.69. The van der Waals surface area contributed by atoms with Crippen LogP contribution in [0.25, 0.3) is 0 Å². The summed E-state index contributed by atoms with van der Waals surface area (Å²) in [5, 5.41) is 13.4. The van der Waals surface area contributed by atoms with Crippen molar-refractivity contribution in [2.24, 2.45) is 0 Å². The molecule has 4 nitrogen and oxygen atoms in total. The van der Waals surface area contributed by atoms with Gasteiger partial charge >= 0.3 is 0 Å². The van der Waals surface area contributed by atoms with Crippen molar-refractivity contribution in [3.8, 4) is 0 Å². The summed E-state index contributed by atoms with van der Waals surface area (Å²) in [5.41, 5.74) is 0. The van der Waals surface area contributed by atoms with E-state index in [1.54, 1.807) is 0 Å². The second-order valence-electron chi connectivity index (χ2n) is 2.84. The van der Waals surface area contributed by atoms with Crippen molar-refractivity contribution < 1.29 is 0 Å². The number of nitrogens with zero attached hydrogens (tertiary/aromatic N) is 3. The fraction of sp³-hybridized carbons (Fsp3) is 0.750. The van der Waals surface area contributed by atoms with Crippen molar-refractivity contribution >= 4 is 0 Å². The van der Waals surface area contributed by atoms with Crippen LogP contribution in [0, 0.1) is 6.42 Å². The molecule has 0 aliphatic heterocycles. The predicted molar refractivity (Wildman–Crippen MR) is 46.3 cm³/mol. The maximum atomic E-state index is 3.76. The van der Waals surface area contributed by atoms with Gasteiger partial charge in [0, 0.05) is 6.42 Å². The average Bonchev–Trinajstić information content (AvgIpc) is 2.57. The summed E-state index contributed by atoms with van der Waals surface area (Å²) < 4.78 is 0. The summed E-state index contributed by atoms with van der Waals surface area (Å²) in [6.45, 7) is 2.21. The molecule has 1 radical (unpaired) electrons. The first kappa shape index (κ1) is 9.16. The zero-order valence-corrected chi connectivity index (χ0v) is 7.45. The lowest BCUT2D eigenvalue weighted by Gasteiger charge is -1.95. The van der Waals surface area contributed by atoms with Gasteiger partial charge in [-0.1, -0.05) is 32.6 Å².